The van der Waals surface area contributed by atoms with Gasteiger partial charge in [0.2, 0.25) is 0 Å². The molecule has 0 amide bonds. The van der Waals surface area contributed by atoms with Gasteiger partial charge in [-0.25, -0.2) is 4.98 Å². The van der Waals surface area contributed by atoms with Crippen molar-refractivity contribution in [1.82, 2.24) is 9.97 Å². The Labute approximate surface area is 135 Å². The SMILES string of the molecule is O=c1[nH]c(-c2cc(Cl)ccc2O)nc2sc3c(c12)CCCC3. The van der Waals surface area contributed by atoms with Crippen molar-refractivity contribution in [3.63, 3.8) is 0 Å². The van der Waals surface area contributed by atoms with Gasteiger partial charge < -0.3 is 10.1 Å². The minimum absolute atomic E-state index is 0.0493. The summed E-state index contributed by atoms with van der Waals surface area (Å²) < 4.78 is 0. The van der Waals surface area contributed by atoms with Crippen molar-refractivity contribution in [3.8, 4) is 17.1 Å². The van der Waals surface area contributed by atoms with E-state index in [0.29, 0.717) is 21.8 Å². The molecule has 112 valence electrons. The standard InChI is InChI=1S/C16H13ClN2O2S/c17-8-5-6-11(20)10(7-8)14-18-15(21)13-9-3-1-2-4-12(9)22-16(13)19-14/h5-7,20H,1-4H2,(H,18,19,21). The van der Waals surface area contributed by atoms with Crippen LogP contribution in [0.3, 0.4) is 0 Å². The first-order valence-corrected chi connectivity index (χ1v) is 8.36. The molecule has 0 unspecified atom stereocenters. The Morgan fingerprint density at radius 3 is 2.95 bits per heavy atom. The second kappa shape index (κ2) is 5.11. The van der Waals surface area contributed by atoms with Crippen LogP contribution in [-0.4, -0.2) is 15.1 Å². The average Bonchev–Trinajstić information content (AvgIpc) is 2.88. The van der Waals surface area contributed by atoms with E-state index < -0.39 is 0 Å². The minimum Gasteiger partial charge on any atom is -0.507 e. The average molecular weight is 333 g/mol. The summed E-state index contributed by atoms with van der Waals surface area (Å²) in [6, 6.07) is 4.71. The van der Waals surface area contributed by atoms with Gasteiger partial charge in [-0.1, -0.05) is 11.6 Å². The van der Waals surface area contributed by atoms with Crippen LogP contribution in [0, 0.1) is 0 Å². The fourth-order valence-corrected chi connectivity index (χ4v) is 4.42. The molecular formula is C16H13ClN2O2S. The third kappa shape index (κ3) is 2.12. The molecule has 0 bridgehead atoms. The number of phenolic OH excluding ortho intramolecular Hbond substituents is 1. The number of rotatable bonds is 1. The molecule has 22 heavy (non-hydrogen) atoms. The highest BCUT2D eigenvalue weighted by Gasteiger charge is 2.20. The third-order valence-electron chi connectivity index (χ3n) is 4.04. The molecule has 2 heterocycles. The zero-order valence-electron chi connectivity index (χ0n) is 11.6. The van der Waals surface area contributed by atoms with Gasteiger partial charge in [0.05, 0.1) is 10.9 Å². The highest BCUT2D eigenvalue weighted by molar-refractivity contribution is 7.18. The number of aromatic hydroxyl groups is 1. The van der Waals surface area contributed by atoms with Crippen molar-refractivity contribution >= 4 is 33.2 Å². The summed E-state index contributed by atoms with van der Waals surface area (Å²) in [4.78, 5) is 21.9. The number of nitrogens with one attached hydrogen (secondary N) is 1. The second-order valence-corrected chi connectivity index (χ2v) is 6.99. The molecule has 4 rings (SSSR count). The minimum atomic E-state index is -0.140. The Morgan fingerprint density at radius 2 is 2.09 bits per heavy atom. The molecule has 0 spiro atoms. The molecule has 0 saturated carbocycles. The van der Waals surface area contributed by atoms with Crippen molar-refractivity contribution in [3.05, 3.63) is 44.0 Å². The van der Waals surface area contributed by atoms with Gasteiger partial charge in [0, 0.05) is 9.90 Å². The fraction of sp³-hybridized carbons (Fsp3) is 0.250. The number of aryl methyl sites for hydroxylation is 2. The van der Waals surface area contributed by atoms with E-state index in [1.54, 1.807) is 23.5 Å². The summed E-state index contributed by atoms with van der Waals surface area (Å²) in [5.74, 6) is 0.407. The first-order valence-electron chi connectivity index (χ1n) is 7.17. The van der Waals surface area contributed by atoms with Crippen LogP contribution in [-0.2, 0) is 12.8 Å². The maximum atomic E-state index is 12.5. The number of phenols is 1. The molecule has 2 aromatic heterocycles. The molecule has 6 heteroatoms. The Bertz CT molecular complexity index is 945. The van der Waals surface area contributed by atoms with Crippen molar-refractivity contribution in [1.29, 1.82) is 0 Å². The van der Waals surface area contributed by atoms with E-state index in [2.05, 4.69) is 9.97 Å². The highest BCUT2D eigenvalue weighted by Crippen LogP contribution is 2.35. The van der Waals surface area contributed by atoms with Crippen LogP contribution in [0.2, 0.25) is 5.02 Å². The second-order valence-electron chi connectivity index (χ2n) is 5.47. The maximum absolute atomic E-state index is 12.5. The Hall–Kier alpha value is -1.85. The monoisotopic (exact) mass is 332 g/mol. The predicted molar refractivity (Wildman–Crippen MR) is 89.0 cm³/mol. The van der Waals surface area contributed by atoms with Crippen molar-refractivity contribution < 1.29 is 5.11 Å². The Balaban J connectivity index is 1.98. The molecule has 4 nitrogen and oxygen atoms in total. The van der Waals surface area contributed by atoms with Crippen LogP contribution in [0.1, 0.15) is 23.3 Å². The molecule has 0 radical (unpaired) electrons. The van der Waals surface area contributed by atoms with Gasteiger partial charge in [0.1, 0.15) is 16.4 Å². The molecule has 1 aliphatic carbocycles. The lowest BCUT2D eigenvalue weighted by molar-refractivity contribution is 0.477. The van der Waals surface area contributed by atoms with Crippen molar-refractivity contribution in [2.75, 3.05) is 0 Å². The number of thiophene rings is 1. The van der Waals surface area contributed by atoms with E-state index in [9.17, 15) is 9.90 Å². The number of aromatic nitrogens is 2. The lowest BCUT2D eigenvalue weighted by Crippen LogP contribution is -2.11. The first-order chi connectivity index (χ1) is 10.6. The van der Waals surface area contributed by atoms with Crippen molar-refractivity contribution in [2.24, 2.45) is 0 Å². The lowest BCUT2D eigenvalue weighted by Gasteiger charge is -2.09. The van der Waals surface area contributed by atoms with E-state index in [1.807, 2.05) is 0 Å². The summed E-state index contributed by atoms with van der Waals surface area (Å²) in [6.45, 7) is 0. The van der Waals surface area contributed by atoms with Crippen LogP contribution >= 0.6 is 22.9 Å². The molecule has 2 N–H and O–H groups in total. The molecule has 1 aromatic carbocycles. The van der Waals surface area contributed by atoms with Gasteiger partial charge in [-0.2, -0.15) is 0 Å². The van der Waals surface area contributed by atoms with Gasteiger partial charge in [-0.15, -0.1) is 11.3 Å². The van der Waals surface area contributed by atoms with Gasteiger partial charge in [0.15, 0.2) is 0 Å². The third-order valence-corrected chi connectivity index (χ3v) is 5.46. The number of aromatic amines is 1. The summed E-state index contributed by atoms with van der Waals surface area (Å²) >= 11 is 7.57. The number of fused-ring (bicyclic) bond motifs is 3. The first kappa shape index (κ1) is 13.8. The largest absolute Gasteiger partial charge is 0.507 e. The van der Waals surface area contributed by atoms with E-state index in [1.165, 1.54) is 17.4 Å². The number of hydrogen-bond acceptors (Lipinski definition) is 4. The fourth-order valence-electron chi connectivity index (χ4n) is 2.99. The molecule has 0 saturated heterocycles. The Kier molecular flexibility index (Phi) is 3.20. The molecular weight excluding hydrogens is 320 g/mol. The normalized spacial score (nSPS) is 14.2. The van der Waals surface area contributed by atoms with Gasteiger partial charge >= 0.3 is 0 Å². The zero-order valence-corrected chi connectivity index (χ0v) is 13.2. The molecule has 3 aromatic rings. The summed E-state index contributed by atoms with van der Waals surface area (Å²) in [5, 5.41) is 11.2. The molecule has 0 aliphatic heterocycles. The molecule has 0 atom stereocenters. The predicted octanol–water partition coefficient (Wildman–Crippen LogP) is 3.89. The summed E-state index contributed by atoms with van der Waals surface area (Å²) in [7, 11) is 0. The Morgan fingerprint density at radius 1 is 1.27 bits per heavy atom. The van der Waals surface area contributed by atoms with Gasteiger partial charge in [0.25, 0.3) is 5.56 Å². The number of hydrogen-bond donors (Lipinski definition) is 2. The van der Waals surface area contributed by atoms with Gasteiger partial charge in [-0.05, 0) is 49.4 Å². The lowest BCUT2D eigenvalue weighted by atomic mass is 9.97. The van der Waals surface area contributed by atoms with Crippen LogP contribution in [0.25, 0.3) is 21.6 Å². The smallest absolute Gasteiger partial charge is 0.260 e. The van der Waals surface area contributed by atoms with Crippen LogP contribution in [0.5, 0.6) is 5.75 Å². The number of halogens is 1. The van der Waals surface area contributed by atoms with Crippen LogP contribution in [0.15, 0.2) is 23.0 Å². The van der Waals surface area contributed by atoms with Crippen molar-refractivity contribution in [2.45, 2.75) is 25.7 Å². The quantitative estimate of drug-likeness (QED) is 0.710. The highest BCUT2D eigenvalue weighted by atomic mass is 35.5. The summed E-state index contributed by atoms with van der Waals surface area (Å²) in [6.07, 6.45) is 4.25. The zero-order chi connectivity index (χ0) is 15.3. The maximum Gasteiger partial charge on any atom is 0.260 e. The molecule has 0 fully saturated rings. The molecule has 1 aliphatic rings. The van der Waals surface area contributed by atoms with E-state index >= 15 is 0 Å². The topological polar surface area (TPSA) is 66.0 Å². The summed E-state index contributed by atoms with van der Waals surface area (Å²) in [5.41, 5.74) is 1.46. The number of nitrogens with zero attached hydrogens (tertiary/aromatic N) is 1. The number of H-pyrrole nitrogens is 1. The number of benzene rings is 1. The van der Waals surface area contributed by atoms with E-state index in [-0.39, 0.29) is 11.3 Å². The van der Waals surface area contributed by atoms with Crippen LogP contribution in [0.4, 0.5) is 0 Å². The van der Waals surface area contributed by atoms with Gasteiger partial charge in [-0.3, -0.25) is 4.79 Å². The van der Waals surface area contributed by atoms with Crippen LogP contribution < -0.4 is 5.56 Å². The van der Waals surface area contributed by atoms with E-state index in [0.717, 1.165) is 29.7 Å². The van der Waals surface area contributed by atoms with E-state index in [4.69, 9.17) is 11.6 Å².